The van der Waals surface area contributed by atoms with Gasteiger partial charge in [-0.3, -0.25) is 0 Å². The van der Waals surface area contributed by atoms with Gasteiger partial charge in [0.2, 0.25) is 0 Å². The van der Waals surface area contributed by atoms with Crippen LogP contribution in [0.5, 0.6) is 0 Å². The van der Waals surface area contributed by atoms with Crippen molar-refractivity contribution in [1.82, 2.24) is 9.88 Å². The standard InChI is InChI=1S/C27H36ClN3S/c1-19(2)24(29-26-30-25(17-32-26)21-8-6-5-7-9-21)16-31-15-14-23(27(3,4)18-31)20-10-12-22(28)13-11-20/h5-12,17,19,22-24H,13-16,18H2,1-4H3,(H,29,30)/t22?,23?,24-/m0/s1. The molecule has 0 saturated carbocycles. The molecule has 2 aromatic rings. The van der Waals surface area contributed by atoms with Crippen LogP contribution in [-0.2, 0) is 0 Å². The monoisotopic (exact) mass is 469 g/mol. The second-order valence-electron chi connectivity index (χ2n) is 10.3. The maximum atomic E-state index is 6.25. The first-order valence-electron chi connectivity index (χ1n) is 11.8. The van der Waals surface area contributed by atoms with E-state index in [0.29, 0.717) is 17.9 Å². The van der Waals surface area contributed by atoms with Gasteiger partial charge in [0, 0.05) is 30.1 Å². The Balaban J connectivity index is 1.39. The molecule has 4 rings (SSSR count). The number of halogens is 1. The third-order valence-corrected chi connectivity index (χ3v) is 8.03. The summed E-state index contributed by atoms with van der Waals surface area (Å²) in [5.74, 6) is 1.14. The van der Waals surface area contributed by atoms with Crippen molar-refractivity contribution in [3.63, 3.8) is 0 Å². The lowest BCUT2D eigenvalue weighted by atomic mass is 9.69. The normalized spacial score (nSPS) is 24.4. The number of benzene rings is 1. The van der Waals surface area contributed by atoms with Crippen molar-refractivity contribution in [3.8, 4) is 11.3 Å². The molecule has 1 aliphatic heterocycles. The number of rotatable bonds is 7. The average Bonchev–Trinajstić information content (AvgIpc) is 3.23. The molecule has 1 N–H and O–H groups in total. The van der Waals surface area contributed by atoms with Crippen LogP contribution in [0.3, 0.4) is 0 Å². The highest BCUT2D eigenvalue weighted by Crippen LogP contribution is 2.41. The zero-order valence-corrected chi connectivity index (χ0v) is 21.3. The van der Waals surface area contributed by atoms with Crippen LogP contribution in [0.25, 0.3) is 11.3 Å². The first kappa shape index (κ1) is 23.5. The number of hydrogen-bond donors (Lipinski definition) is 1. The van der Waals surface area contributed by atoms with Crippen molar-refractivity contribution < 1.29 is 0 Å². The first-order valence-corrected chi connectivity index (χ1v) is 13.2. The van der Waals surface area contributed by atoms with Crippen molar-refractivity contribution in [2.45, 2.75) is 52.0 Å². The topological polar surface area (TPSA) is 28.2 Å². The predicted molar refractivity (Wildman–Crippen MR) is 140 cm³/mol. The van der Waals surface area contributed by atoms with Crippen molar-refractivity contribution in [1.29, 1.82) is 0 Å². The second kappa shape index (κ2) is 10.1. The van der Waals surface area contributed by atoms with Crippen LogP contribution < -0.4 is 5.32 Å². The molecule has 1 fully saturated rings. The number of likely N-dealkylation sites (tertiary alicyclic amines) is 1. The van der Waals surface area contributed by atoms with Crippen LogP contribution in [0.1, 0.15) is 40.5 Å². The highest BCUT2D eigenvalue weighted by molar-refractivity contribution is 7.14. The highest BCUT2D eigenvalue weighted by atomic mass is 35.5. The summed E-state index contributed by atoms with van der Waals surface area (Å²) in [5.41, 5.74) is 3.96. The summed E-state index contributed by atoms with van der Waals surface area (Å²) in [5, 5.41) is 7.08. The number of aromatic nitrogens is 1. The van der Waals surface area contributed by atoms with Crippen molar-refractivity contribution in [2.75, 3.05) is 25.0 Å². The van der Waals surface area contributed by atoms with Gasteiger partial charge in [0.1, 0.15) is 0 Å². The maximum Gasteiger partial charge on any atom is 0.183 e. The molecule has 1 aromatic carbocycles. The van der Waals surface area contributed by atoms with Crippen molar-refractivity contribution in [2.24, 2.45) is 17.3 Å². The fourth-order valence-corrected chi connectivity index (χ4v) is 6.00. The molecule has 0 bridgehead atoms. The molecule has 3 nitrogen and oxygen atoms in total. The fraction of sp³-hybridized carbons (Fsp3) is 0.519. The summed E-state index contributed by atoms with van der Waals surface area (Å²) >= 11 is 7.96. The van der Waals surface area contributed by atoms with Crippen LogP contribution in [0.2, 0.25) is 0 Å². The molecule has 0 amide bonds. The van der Waals surface area contributed by atoms with Gasteiger partial charge in [0.05, 0.1) is 11.1 Å². The van der Waals surface area contributed by atoms with E-state index < -0.39 is 0 Å². The minimum Gasteiger partial charge on any atom is -0.357 e. The van der Waals surface area contributed by atoms with Gasteiger partial charge in [-0.05, 0) is 42.2 Å². The largest absolute Gasteiger partial charge is 0.357 e. The molecule has 0 spiro atoms. The Kier molecular flexibility index (Phi) is 7.44. The van der Waals surface area contributed by atoms with Crippen LogP contribution in [-0.4, -0.2) is 40.9 Å². The van der Waals surface area contributed by atoms with Gasteiger partial charge in [0.25, 0.3) is 0 Å². The molecule has 0 radical (unpaired) electrons. The number of allylic oxidation sites excluding steroid dienone is 4. The average molecular weight is 470 g/mol. The summed E-state index contributed by atoms with van der Waals surface area (Å²) in [6.45, 7) is 12.8. The Morgan fingerprint density at radius 3 is 2.69 bits per heavy atom. The van der Waals surface area contributed by atoms with Crippen LogP contribution in [0, 0.1) is 17.3 Å². The minimum atomic E-state index is 0.160. The number of nitrogens with one attached hydrogen (secondary N) is 1. The summed E-state index contributed by atoms with van der Waals surface area (Å²) < 4.78 is 0. The fourth-order valence-electron chi connectivity index (χ4n) is 5.05. The zero-order chi connectivity index (χ0) is 22.7. The first-order chi connectivity index (χ1) is 15.3. The van der Waals surface area contributed by atoms with Gasteiger partial charge in [-0.2, -0.15) is 0 Å². The van der Waals surface area contributed by atoms with Crippen LogP contribution in [0.4, 0.5) is 5.13 Å². The van der Waals surface area contributed by atoms with Gasteiger partial charge in [0.15, 0.2) is 5.13 Å². The molecule has 2 aliphatic rings. The van der Waals surface area contributed by atoms with E-state index in [1.807, 2.05) is 6.07 Å². The number of anilines is 1. The van der Waals surface area contributed by atoms with Gasteiger partial charge < -0.3 is 10.2 Å². The molecule has 172 valence electrons. The molecule has 1 aromatic heterocycles. The highest BCUT2D eigenvalue weighted by Gasteiger charge is 2.38. The third kappa shape index (κ3) is 5.65. The lowest BCUT2D eigenvalue weighted by Crippen LogP contribution is -2.50. The van der Waals surface area contributed by atoms with Crippen LogP contribution >= 0.6 is 22.9 Å². The molecule has 3 atom stereocenters. The smallest absolute Gasteiger partial charge is 0.183 e. The van der Waals surface area contributed by atoms with E-state index in [-0.39, 0.29) is 10.8 Å². The molecule has 1 saturated heterocycles. The second-order valence-corrected chi connectivity index (χ2v) is 11.7. The lowest BCUT2D eigenvalue weighted by molar-refractivity contribution is 0.0688. The number of thiazole rings is 1. The Hall–Kier alpha value is -1.62. The van der Waals surface area contributed by atoms with Crippen LogP contribution in [0.15, 0.2) is 59.5 Å². The Morgan fingerprint density at radius 1 is 1.25 bits per heavy atom. The number of alkyl halides is 1. The molecular formula is C27H36ClN3S. The lowest BCUT2D eigenvalue weighted by Gasteiger charge is -2.46. The van der Waals surface area contributed by atoms with Gasteiger partial charge in [-0.1, -0.05) is 76.3 Å². The molecule has 32 heavy (non-hydrogen) atoms. The Labute approximate surface area is 202 Å². The van der Waals surface area contributed by atoms with E-state index in [1.54, 1.807) is 11.3 Å². The number of piperidine rings is 1. The van der Waals surface area contributed by atoms with Crippen molar-refractivity contribution in [3.05, 3.63) is 59.5 Å². The zero-order valence-electron chi connectivity index (χ0n) is 19.7. The molecule has 1 aliphatic carbocycles. The number of hydrogen-bond acceptors (Lipinski definition) is 4. The summed E-state index contributed by atoms with van der Waals surface area (Å²) in [6, 6.07) is 10.8. The Morgan fingerprint density at radius 2 is 2.03 bits per heavy atom. The van der Waals surface area contributed by atoms with Crippen molar-refractivity contribution >= 4 is 28.1 Å². The van der Waals surface area contributed by atoms with E-state index in [4.69, 9.17) is 16.6 Å². The van der Waals surface area contributed by atoms with E-state index in [0.717, 1.165) is 36.9 Å². The van der Waals surface area contributed by atoms with E-state index in [2.05, 4.69) is 85.8 Å². The maximum absolute atomic E-state index is 6.25. The van der Waals surface area contributed by atoms with Gasteiger partial charge >= 0.3 is 0 Å². The van der Waals surface area contributed by atoms with E-state index >= 15 is 0 Å². The van der Waals surface area contributed by atoms with E-state index in [9.17, 15) is 0 Å². The third-order valence-electron chi connectivity index (χ3n) is 6.93. The molecular weight excluding hydrogens is 434 g/mol. The summed E-state index contributed by atoms with van der Waals surface area (Å²) in [7, 11) is 0. The minimum absolute atomic E-state index is 0.160. The molecule has 2 unspecified atom stereocenters. The number of nitrogens with zero attached hydrogens (tertiary/aromatic N) is 2. The summed E-state index contributed by atoms with van der Waals surface area (Å²) in [4.78, 5) is 7.52. The molecule has 2 heterocycles. The predicted octanol–water partition coefficient (Wildman–Crippen LogP) is 7.09. The summed E-state index contributed by atoms with van der Waals surface area (Å²) in [6.07, 6.45) is 8.97. The van der Waals surface area contributed by atoms with Gasteiger partial charge in [-0.15, -0.1) is 22.9 Å². The van der Waals surface area contributed by atoms with E-state index in [1.165, 1.54) is 17.6 Å². The quantitative estimate of drug-likeness (QED) is 0.438. The Bertz CT molecular complexity index is 947. The molecule has 5 heteroatoms. The SMILES string of the molecule is CC(C)[C@H](CN1CCC(C2=CCC(Cl)C=C2)C(C)(C)C1)Nc1nc(-c2ccccc2)cs1. The van der Waals surface area contributed by atoms with Gasteiger partial charge in [-0.25, -0.2) is 4.98 Å².